The number of aliphatic hydroxyl groups is 1. The summed E-state index contributed by atoms with van der Waals surface area (Å²) in [4.78, 5) is 11.4. The molecular formula is C13H22O3. The van der Waals surface area contributed by atoms with Crippen molar-refractivity contribution in [3.8, 4) is 0 Å². The summed E-state index contributed by atoms with van der Waals surface area (Å²) in [6.45, 7) is 6.72. The van der Waals surface area contributed by atoms with Gasteiger partial charge in [-0.05, 0) is 30.6 Å². The number of aliphatic hydroxyl groups excluding tert-OH is 1. The third-order valence-electron chi connectivity index (χ3n) is 5.30. The topological polar surface area (TPSA) is 46.5 Å². The summed E-state index contributed by atoms with van der Waals surface area (Å²) >= 11 is 0. The number of fused-ring (bicyclic) bond motifs is 2. The van der Waals surface area contributed by atoms with Crippen LogP contribution in [-0.4, -0.2) is 23.8 Å². The van der Waals surface area contributed by atoms with Crippen molar-refractivity contribution in [2.24, 2.45) is 16.7 Å². The van der Waals surface area contributed by atoms with Crippen LogP contribution in [0.4, 0.5) is 0 Å². The summed E-state index contributed by atoms with van der Waals surface area (Å²) in [7, 11) is 0. The Balaban J connectivity index is 2.07. The van der Waals surface area contributed by atoms with Crippen LogP contribution in [-0.2, 0) is 9.53 Å². The van der Waals surface area contributed by atoms with Gasteiger partial charge in [0, 0.05) is 5.41 Å². The Bertz CT molecular complexity index is 298. The summed E-state index contributed by atoms with van der Waals surface area (Å²) < 4.78 is 5.53. The van der Waals surface area contributed by atoms with Crippen LogP contribution >= 0.6 is 0 Å². The van der Waals surface area contributed by atoms with Gasteiger partial charge >= 0.3 is 5.97 Å². The van der Waals surface area contributed by atoms with E-state index in [0.29, 0.717) is 5.92 Å². The van der Waals surface area contributed by atoms with Crippen LogP contribution in [0.2, 0.25) is 0 Å². The average Bonchev–Trinajstić information content (AvgIpc) is 2.51. The molecule has 0 aromatic rings. The van der Waals surface area contributed by atoms with Gasteiger partial charge in [-0.25, -0.2) is 0 Å². The molecule has 2 aliphatic rings. The van der Waals surface area contributed by atoms with Crippen LogP contribution < -0.4 is 0 Å². The highest BCUT2D eigenvalue weighted by molar-refractivity contribution is 5.69. The molecule has 1 N–H and O–H groups in total. The smallest absolute Gasteiger partial charge is 0.308 e. The van der Waals surface area contributed by atoms with Crippen molar-refractivity contribution < 1.29 is 14.6 Å². The van der Waals surface area contributed by atoms with E-state index in [1.165, 1.54) is 6.42 Å². The van der Waals surface area contributed by atoms with E-state index in [1.807, 2.05) is 0 Å². The van der Waals surface area contributed by atoms with Gasteiger partial charge < -0.3 is 9.84 Å². The lowest BCUT2D eigenvalue weighted by Crippen LogP contribution is -2.38. The van der Waals surface area contributed by atoms with Gasteiger partial charge in [0.25, 0.3) is 0 Å². The van der Waals surface area contributed by atoms with Crippen LogP contribution in [0.3, 0.4) is 0 Å². The van der Waals surface area contributed by atoms with Gasteiger partial charge in [0.15, 0.2) is 0 Å². The fourth-order valence-electron chi connectivity index (χ4n) is 3.62. The second-order valence-electron chi connectivity index (χ2n) is 6.06. The molecule has 2 saturated carbocycles. The number of carbonyl (C=O) groups excluding carboxylic acids is 1. The van der Waals surface area contributed by atoms with E-state index < -0.39 is 0 Å². The van der Waals surface area contributed by atoms with E-state index in [-0.39, 0.29) is 35.9 Å². The van der Waals surface area contributed by atoms with Gasteiger partial charge in [-0.15, -0.1) is 0 Å². The number of hydrogen-bond donors (Lipinski definition) is 1. The van der Waals surface area contributed by atoms with Crippen molar-refractivity contribution in [2.75, 3.05) is 6.61 Å². The summed E-state index contributed by atoms with van der Waals surface area (Å²) in [6, 6.07) is 0. The summed E-state index contributed by atoms with van der Waals surface area (Å²) in [5.41, 5.74) is 0.403. The zero-order valence-corrected chi connectivity index (χ0v) is 10.5. The molecule has 3 atom stereocenters. The SMILES string of the molecule is CC1(C)[C@@H]2CC[C@]1(C)[C@@H](OC(=O)CCO)C2. The van der Waals surface area contributed by atoms with Gasteiger partial charge in [-0.2, -0.15) is 0 Å². The number of esters is 1. The summed E-state index contributed by atoms with van der Waals surface area (Å²) in [5, 5.41) is 8.71. The second kappa shape index (κ2) is 3.73. The summed E-state index contributed by atoms with van der Waals surface area (Å²) in [5.74, 6) is 0.432. The Morgan fingerprint density at radius 1 is 1.44 bits per heavy atom. The third-order valence-corrected chi connectivity index (χ3v) is 5.30. The zero-order valence-electron chi connectivity index (χ0n) is 10.5. The molecule has 3 heteroatoms. The van der Waals surface area contributed by atoms with E-state index in [9.17, 15) is 4.79 Å². The Morgan fingerprint density at radius 2 is 2.12 bits per heavy atom. The zero-order chi connectivity index (χ0) is 12.0. The maximum absolute atomic E-state index is 11.4. The molecule has 2 fully saturated rings. The first-order valence-electron chi connectivity index (χ1n) is 6.22. The molecule has 0 saturated heterocycles. The first kappa shape index (κ1) is 11.9. The van der Waals surface area contributed by atoms with Crippen molar-refractivity contribution in [2.45, 2.75) is 52.6 Å². The van der Waals surface area contributed by atoms with Crippen molar-refractivity contribution in [3.05, 3.63) is 0 Å². The molecule has 16 heavy (non-hydrogen) atoms. The Morgan fingerprint density at radius 3 is 2.56 bits per heavy atom. The minimum atomic E-state index is -0.253. The van der Waals surface area contributed by atoms with Gasteiger partial charge in [-0.1, -0.05) is 20.8 Å². The Labute approximate surface area is 97.2 Å². The van der Waals surface area contributed by atoms with Crippen molar-refractivity contribution in [1.29, 1.82) is 0 Å². The number of hydrogen-bond acceptors (Lipinski definition) is 3. The summed E-state index contributed by atoms with van der Waals surface area (Å²) in [6.07, 6.45) is 3.60. The largest absolute Gasteiger partial charge is 0.462 e. The van der Waals surface area contributed by atoms with E-state index in [1.54, 1.807) is 0 Å². The van der Waals surface area contributed by atoms with E-state index in [2.05, 4.69) is 20.8 Å². The third kappa shape index (κ3) is 1.48. The second-order valence-corrected chi connectivity index (χ2v) is 6.06. The molecule has 0 radical (unpaired) electrons. The average molecular weight is 226 g/mol. The molecule has 0 heterocycles. The van der Waals surface area contributed by atoms with Crippen LogP contribution in [0.5, 0.6) is 0 Å². The molecule has 92 valence electrons. The van der Waals surface area contributed by atoms with E-state index in [0.717, 1.165) is 12.8 Å². The Hall–Kier alpha value is -0.570. The van der Waals surface area contributed by atoms with Crippen LogP contribution in [0.15, 0.2) is 0 Å². The molecule has 0 aliphatic heterocycles. The highest BCUT2D eigenvalue weighted by Crippen LogP contribution is 2.66. The molecule has 0 unspecified atom stereocenters. The van der Waals surface area contributed by atoms with E-state index in [4.69, 9.17) is 9.84 Å². The minimum Gasteiger partial charge on any atom is -0.462 e. The van der Waals surface area contributed by atoms with Crippen LogP contribution in [0, 0.1) is 16.7 Å². The lowest BCUT2D eigenvalue weighted by Gasteiger charge is -2.38. The minimum absolute atomic E-state index is 0.0558. The molecule has 0 aromatic heterocycles. The molecule has 2 bridgehead atoms. The molecule has 2 aliphatic carbocycles. The molecule has 0 aromatic carbocycles. The number of carbonyl (C=O) groups is 1. The number of rotatable bonds is 3. The normalized spacial score (nSPS) is 40.0. The molecule has 0 spiro atoms. The van der Waals surface area contributed by atoms with Crippen molar-refractivity contribution >= 4 is 5.97 Å². The van der Waals surface area contributed by atoms with Gasteiger partial charge in [0.2, 0.25) is 0 Å². The molecule has 3 nitrogen and oxygen atoms in total. The van der Waals surface area contributed by atoms with Gasteiger partial charge in [0.05, 0.1) is 13.0 Å². The fraction of sp³-hybridized carbons (Fsp3) is 0.923. The van der Waals surface area contributed by atoms with Crippen LogP contribution in [0.1, 0.15) is 46.5 Å². The number of ether oxygens (including phenoxy) is 1. The lowest BCUT2D eigenvalue weighted by atomic mass is 9.70. The maximum Gasteiger partial charge on any atom is 0.308 e. The highest BCUT2D eigenvalue weighted by Gasteiger charge is 2.62. The molecular weight excluding hydrogens is 204 g/mol. The fourth-order valence-corrected chi connectivity index (χ4v) is 3.62. The molecule has 0 amide bonds. The van der Waals surface area contributed by atoms with Crippen molar-refractivity contribution in [3.63, 3.8) is 0 Å². The van der Waals surface area contributed by atoms with Crippen molar-refractivity contribution in [1.82, 2.24) is 0 Å². The molecule has 2 rings (SSSR count). The monoisotopic (exact) mass is 226 g/mol. The Kier molecular flexibility index (Phi) is 2.77. The lowest BCUT2D eigenvalue weighted by molar-refractivity contribution is -0.157. The van der Waals surface area contributed by atoms with E-state index >= 15 is 0 Å². The first-order valence-corrected chi connectivity index (χ1v) is 6.22. The standard InChI is InChI=1S/C13H22O3/c1-12(2)9-4-6-13(12,3)10(8-9)16-11(15)5-7-14/h9-10,14H,4-8H2,1-3H3/t9-,10+,13-/m1/s1. The predicted molar refractivity (Wildman–Crippen MR) is 60.8 cm³/mol. The maximum atomic E-state index is 11.4. The van der Waals surface area contributed by atoms with Crippen LogP contribution in [0.25, 0.3) is 0 Å². The first-order chi connectivity index (χ1) is 7.41. The highest BCUT2D eigenvalue weighted by atomic mass is 16.5. The quantitative estimate of drug-likeness (QED) is 0.750. The van der Waals surface area contributed by atoms with Gasteiger partial charge in [0.1, 0.15) is 6.10 Å². The van der Waals surface area contributed by atoms with Gasteiger partial charge in [-0.3, -0.25) is 4.79 Å². The predicted octanol–water partition coefficient (Wildman–Crippen LogP) is 2.13.